The van der Waals surface area contributed by atoms with Gasteiger partial charge in [-0.1, -0.05) is 0 Å². The Morgan fingerprint density at radius 1 is 1.45 bits per heavy atom. The van der Waals surface area contributed by atoms with Crippen molar-refractivity contribution in [2.45, 2.75) is 13.0 Å². The Kier molecular flexibility index (Phi) is 6.26. The maximum absolute atomic E-state index is 12.1. The molecule has 9 heteroatoms. The van der Waals surface area contributed by atoms with Crippen molar-refractivity contribution >= 4 is 23.3 Å². The number of methoxy groups -OCH3 is 1. The summed E-state index contributed by atoms with van der Waals surface area (Å²) in [5, 5.41) is 13.7. The molecule has 1 rings (SSSR count). The van der Waals surface area contributed by atoms with Gasteiger partial charge in [0.2, 0.25) is 0 Å². The fraction of sp³-hybridized carbons (Fsp3) is 0.385. The molecule has 120 valence electrons. The van der Waals surface area contributed by atoms with Crippen molar-refractivity contribution in [2.24, 2.45) is 5.73 Å². The summed E-state index contributed by atoms with van der Waals surface area (Å²) in [6, 6.07) is 3.72. The number of hydrogen-bond acceptors (Lipinski definition) is 7. The van der Waals surface area contributed by atoms with Crippen LogP contribution in [0.2, 0.25) is 0 Å². The number of carbonyl (C=O) groups is 2. The van der Waals surface area contributed by atoms with Crippen LogP contribution in [-0.4, -0.2) is 43.2 Å². The molecule has 0 aliphatic rings. The van der Waals surface area contributed by atoms with Gasteiger partial charge in [0.1, 0.15) is 0 Å². The first-order chi connectivity index (χ1) is 10.4. The number of amides is 1. The molecular weight excluding hydrogens is 294 g/mol. The molecule has 1 aromatic carbocycles. The molecular formula is C13H17N3O6. The maximum Gasteiger partial charge on any atom is 0.341 e. The Balaban J connectivity index is 3.04. The summed E-state index contributed by atoms with van der Waals surface area (Å²) < 4.78 is 9.75. The predicted octanol–water partition coefficient (Wildman–Crippen LogP) is 0.684. The minimum Gasteiger partial charge on any atom is -0.449 e. The lowest BCUT2D eigenvalue weighted by atomic mass is 10.1. The molecule has 0 heterocycles. The summed E-state index contributed by atoms with van der Waals surface area (Å²) in [7, 11) is 1.52. The lowest BCUT2D eigenvalue weighted by Crippen LogP contribution is -2.30. The molecule has 1 amide bonds. The van der Waals surface area contributed by atoms with Gasteiger partial charge in [-0.3, -0.25) is 14.9 Å². The van der Waals surface area contributed by atoms with Crippen LogP contribution in [0, 0.1) is 10.1 Å². The highest BCUT2D eigenvalue weighted by Crippen LogP contribution is 2.23. The SMILES string of the molecule is COCCNc1ccc([N+](=O)[O-])cc1C(=O)O[C@@H](C)C(N)=O. The summed E-state index contributed by atoms with van der Waals surface area (Å²) in [6.07, 6.45) is -1.14. The summed E-state index contributed by atoms with van der Waals surface area (Å²) in [6.45, 7) is 2.08. The molecule has 1 aromatic rings. The Hall–Kier alpha value is -2.68. The largest absolute Gasteiger partial charge is 0.449 e. The zero-order valence-corrected chi connectivity index (χ0v) is 12.2. The quantitative estimate of drug-likeness (QED) is 0.312. The number of primary amides is 1. The van der Waals surface area contributed by atoms with Crippen molar-refractivity contribution in [3.63, 3.8) is 0 Å². The van der Waals surface area contributed by atoms with E-state index >= 15 is 0 Å². The van der Waals surface area contributed by atoms with E-state index in [0.717, 1.165) is 6.07 Å². The summed E-state index contributed by atoms with van der Waals surface area (Å²) in [5.74, 6) is -1.69. The van der Waals surface area contributed by atoms with Gasteiger partial charge in [-0.2, -0.15) is 0 Å². The Bertz CT molecular complexity index is 575. The van der Waals surface area contributed by atoms with E-state index in [1.54, 1.807) is 0 Å². The van der Waals surface area contributed by atoms with Gasteiger partial charge >= 0.3 is 5.97 Å². The number of nitrogens with one attached hydrogen (secondary N) is 1. The van der Waals surface area contributed by atoms with Crippen molar-refractivity contribution in [3.8, 4) is 0 Å². The van der Waals surface area contributed by atoms with Crippen molar-refractivity contribution < 1.29 is 24.0 Å². The number of non-ortho nitro benzene ring substituents is 1. The molecule has 0 aromatic heterocycles. The normalized spacial score (nSPS) is 11.5. The van der Waals surface area contributed by atoms with Crippen LogP contribution in [0.1, 0.15) is 17.3 Å². The van der Waals surface area contributed by atoms with E-state index in [4.69, 9.17) is 15.2 Å². The first-order valence-corrected chi connectivity index (χ1v) is 6.38. The second kappa shape index (κ2) is 7.93. The number of nitro groups is 1. The van der Waals surface area contributed by atoms with Gasteiger partial charge in [-0.15, -0.1) is 0 Å². The molecule has 0 fully saturated rings. The molecule has 0 spiro atoms. The standard InChI is InChI=1S/C13H17N3O6/c1-8(12(14)17)22-13(18)10-7-9(16(19)20)3-4-11(10)15-5-6-21-2/h3-4,7-8,15H,5-6H2,1-2H3,(H2,14,17)/t8-/m0/s1. The highest BCUT2D eigenvalue weighted by molar-refractivity contribution is 5.97. The maximum atomic E-state index is 12.1. The minimum absolute atomic E-state index is 0.0570. The first kappa shape index (κ1) is 17.4. The minimum atomic E-state index is -1.14. The van der Waals surface area contributed by atoms with Crippen LogP contribution < -0.4 is 11.1 Å². The predicted molar refractivity (Wildman–Crippen MR) is 77.5 cm³/mol. The number of nitrogens with two attached hydrogens (primary N) is 1. The van der Waals surface area contributed by atoms with Gasteiger partial charge in [-0.25, -0.2) is 4.79 Å². The molecule has 0 saturated heterocycles. The molecule has 1 atom stereocenters. The van der Waals surface area contributed by atoms with Gasteiger partial charge < -0.3 is 20.5 Å². The van der Waals surface area contributed by atoms with Crippen LogP contribution >= 0.6 is 0 Å². The van der Waals surface area contributed by atoms with Crippen molar-refractivity contribution in [2.75, 3.05) is 25.6 Å². The average molecular weight is 311 g/mol. The van der Waals surface area contributed by atoms with Crippen molar-refractivity contribution in [3.05, 3.63) is 33.9 Å². The molecule has 0 saturated carbocycles. The third kappa shape index (κ3) is 4.70. The van der Waals surface area contributed by atoms with Crippen molar-refractivity contribution in [1.29, 1.82) is 0 Å². The smallest absolute Gasteiger partial charge is 0.341 e. The zero-order chi connectivity index (χ0) is 16.7. The highest BCUT2D eigenvalue weighted by atomic mass is 16.6. The molecule has 0 aliphatic carbocycles. The number of anilines is 1. The summed E-state index contributed by atoms with van der Waals surface area (Å²) in [5.41, 5.74) is 5.03. The van der Waals surface area contributed by atoms with Crippen LogP contribution in [-0.2, 0) is 14.3 Å². The monoisotopic (exact) mass is 311 g/mol. The van der Waals surface area contributed by atoms with Crippen LogP contribution in [0.25, 0.3) is 0 Å². The molecule has 9 nitrogen and oxygen atoms in total. The third-order valence-electron chi connectivity index (χ3n) is 2.74. The number of esters is 1. The first-order valence-electron chi connectivity index (χ1n) is 6.38. The fourth-order valence-corrected chi connectivity index (χ4v) is 1.54. The molecule has 0 unspecified atom stereocenters. The van der Waals surface area contributed by atoms with E-state index < -0.39 is 22.9 Å². The van der Waals surface area contributed by atoms with Gasteiger partial charge in [0.05, 0.1) is 17.1 Å². The fourth-order valence-electron chi connectivity index (χ4n) is 1.54. The number of carbonyl (C=O) groups excluding carboxylic acids is 2. The molecule has 22 heavy (non-hydrogen) atoms. The number of ether oxygens (including phenoxy) is 2. The topological polar surface area (TPSA) is 134 Å². The molecule has 0 radical (unpaired) electrons. The Morgan fingerprint density at radius 3 is 2.68 bits per heavy atom. The van der Waals surface area contributed by atoms with E-state index in [1.807, 2.05) is 0 Å². The third-order valence-corrected chi connectivity index (χ3v) is 2.74. The molecule has 0 aliphatic heterocycles. The van der Waals surface area contributed by atoms with E-state index in [9.17, 15) is 19.7 Å². The Labute approximate surface area is 126 Å². The number of nitrogens with zero attached hydrogens (tertiary/aromatic N) is 1. The zero-order valence-electron chi connectivity index (χ0n) is 12.2. The van der Waals surface area contributed by atoms with Crippen molar-refractivity contribution in [1.82, 2.24) is 0 Å². The highest BCUT2D eigenvalue weighted by Gasteiger charge is 2.21. The number of hydrogen-bond donors (Lipinski definition) is 2. The summed E-state index contributed by atoms with van der Waals surface area (Å²) >= 11 is 0. The second-order valence-corrected chi connectivity index (χ2v) is 4.36. The lowest BCUT2D eigenvalue weighted by Gasteiger charge is -2.13. The number of nitro benzene ring substituents is 1. The molecule has 0 bridgehead atoms. The number of benzene rings is 1. The van der Waals surface area contributed by atoms with E-state index in [2.05, 4.69) is 5.32 Å². The average Bonchev–Trinajstić information content (AvgIpc) is 2.47. The summed E-state index contributed by atoms with van der Waals surface area (Å²) in [4.78, 5) is 33.2. The van der Waals surface area contributed by atoms with Gasteiger partial charge in [0, 0.05) is 31.5 Å². The van der Waals surface area contributed by atoms with Gasteiger partial charge in [0.25, 0.3) is 11.6 Å². The van der Waals surface area contributed by atoms with Crippen LogP contribution in [0.15, 0.2) is 18.2 Å². The Morgan fingerprint density at radius 2 is 2.14 bits per heavy atom. The van der Waals surface area contributed by atoms with Crippen LogP contribution in [0.4, 0.5) is 11.4 Å². The van der Waals surface area contributed by atoms with E-state index in [1.165, 1.54) is 26.2 Å². The van der Waals surface area contributed by atoms with Crippen LogP contribution in [0.5, 0.6) is 0 Å². The second-order valence-electron chi connectivity index (χ2n) is 4.36. The van der Waals surface area contributed by atoms with E-state index in [-0.39, 0.29) is 11.3 Å². The molecule has 3 N–H and O–H groups in total. The van der Waals surface area contributed by atoms with Gasteiger partial charge in [0.15, 0.2) is 6.10 Å². The lowest BCUT2D eigenvalue weighted by molar-refractivity contribution is -0.384. The van der Waals surface area contributed by atoms with Crippen LogP contribution in [0.3, 0.4) is 0 Å². The van der Waals surface area contributed by atoms with Gasteiger partial charge in [-0.05, 0) is 13.0 Å². The van der Waals surface area contributed by atoms with E-state index in [0.29, 0.717) is 18.8 Å². The number of rotatable bonds is 8.